The zero-order valence-electron chi connectivity index (χ0n) is 10.1. The minimum atomic E-state index is -0.242. The van der Waals surface area contributed by atoms with Crippen LogP contribution in [0.5, 0.6) is 0 Å². The molecule has 3 rings (SSSR count). The number of hydrogen-bond acceptors (Lipinski definition) is 5. The molecular formula is C12H14N4O2S. The summed E-state index contributed by atoms with van der Waals surface area (Å²) in [5.41, 5.74) is 0.279. The van der Waals surface area contributed by atoms with Crippen molar-refractivity contribution in [1.29, 1.82) is 0 Å². The Balaban J connectivity index is 1.74. The molecule has 0 unspecified atom stereocenters. The third-order valence-electron chi connectivity index (χ3n) is 3.41. The van der Waals surface area contributed by atoms with E-state index < -0.39 is 0 Å². The number of aliphatic hydroxyl groups excluding tert-OH is 1. The second-order valence-corrected chi connectivity index (χ2v) is 5.69. The second kappa shape index (κ2) is 5.10. The molecule has 0 saturated heterocycles. The van der Waals surface area contributed by atoms with E-state index in [2.05, 4.69) is 20.7 Å². The lowest BCUT2D eigenvalue weighted by atomic mass is 9.76. The van der Waals surface area contributed by atoms with Gasteiger partial charge in [-0.05, 0) is 30.2 Å². The quantitative estimate of drug-likeness (QED) is 0.781. The molecule has 1 aliphatic carbocycles. The number of aromatic amines is 1. The van der Waals surface area contributed by atoms with Gasteiger partial charge in [0.25, 0.3) is 5.91 Å². The van der Waals surface area contributed by atoms with Gasteiger partial charge in [-0.1, -0.05) is 6.07 Å². The maximum Gasteiger partial charge on any atom is 0.273 e. The van der Waals surface area contributed by atoms with Crippen LogP contribution in [0.2, 0.25) is 0 Å². The van der Waals surface area contributed by atoms with Crippen LogP contribution in [0.3, 0.4) is 0 Å². The van der Waals surface area contributed by atoms with Crippen molar-refractivity contribution in [2.24, 2.45) is 5.92 Å². The molecule has 0 aliphatic heterocycles. The van der Waals surface area contributed by atoms with Gasteiger partial charge in [0.05, 0.1) is 18.3 Å². The highest BCUT2D eigenvalue weighted by atomic mass is 32.1. The highest BCUT2D eigenvalue weighted by molar-refractivity contribution is 7.10. The molecule has 3 N–H and O–H groups in total. The highest BCUT2D eigenvalue weighted by Crippen LogP contribution is 2.39. The third kappa shape index (κ3) is 2.52. The average Bonchev–Trinajstić information content (AvgIpc) is 3.03. The van der Waals surface area contributed by atoms with Crippen LogP contribution >= 0.6 is 11.3 Å². The van der Waals surface area contributed by atoms with Crippen LogP contribution in [0, 0.1) is 5.92 Å². The topological polar surface area (TPSA) is 90.9 Å². The van der Waals surface area contributed by atoms with Gasteiger partial charge in [0.2, 0.25) is 0 Å². The van der Waals surface area contributed by atoms with Crippen LogP contribution in [0.1, 0.15) is 34.2 Å². The number of aliphatic hydroxyl groups is 1. The molecule has 1 fully saturated rings. The van der Waals surface area contributed by atoms with Crippen LogP contribution in [0.4, 0.5) is 0 Å². The smallest absolute Gasteiger partial charge is 0.273 e. The number of nitrogens with zero attached hydrogens (tertiary/aromatic N) is 2. The number of carbonyl (C=O) groups excluding carboxylic acids is 1. The summed E-state index contributed by atoms with van der Waals surface area (Å²) in [6.45, 7) is 0. The Labute approximate surface area is 113 Å². The van der Waals surface area contributed by atoms with Gasteiger partial charge in [-0.3, -0.25) is 4.79 Å². The minimum Gasteiger partial charge on any atom is -0.393 e. The third-order valence-corrected chi connectivity index (χ3v) is 4.36. The van der Waals surface area contributed by atoms with E-state index in [0.717, 1.165) is 17.7 Å². The van der Waals surface area contributed by atoms with Gasteiger partial charge in [-0.25, -0.2) is 0 Å². The predicted octanol–water partition coefficient (Wildman–Crippen LogP) is 1.11. The maximum atomic E-state index is 12.0. The molecule has 0 bridgehead atoms. The minimum absolute atomic E-state index is 0.0624. The summed E-state index contributed by atoms with van der Waals surface area (Å²) >= 11 is 1.61. The van der Waals surface area contributed by atoms with Crippen LogP contribution < -0.4 is 5.32 Å². The maximum absolute atomic E-state index is 12.0. The molecule has 1 saturated carbocycles. The highest BCUT2D eigenvalue weighted by Gasteiger charge is 2.36. The Bertz CT molecular complexity index is 534. The molecule has 6 nitrogen and oxygen atoms in total. The summed E-state index contributed by atoms with van der Waals surface area (Å²) in [7, 11) is 0. The lowest BCUT2D eigenvalue weighted by Gasteiger charge is -2.37. The molecule has 2 aromatic heterocycles. The van der Waals surface area contributed by atoms with Crippen molar-refractivity contribution in [2.45, 2.75) is 25.0 Å². The monoisotopic (exact) mass is 278 g/mol. The van der Waals surface area contributed by atoms with E-state index in [1.165, 1.54) is 6.20 Å². The second-order valence-electron chi connectivity index (χ2n) is 4.71. The number of aromatic nitrogens is 3. The van der Waals surface area contributed by atoms with Gasteiger partial charge < -0.3 is 10.4 Å². The summed E-state index contributed by atoms with van der Waals surface area (Å²) in [4.78, 5) is 13.2. The van der Waals surface area contributed by atoms with Gasteiger partial charge in [0.15, 0.2) is 5.69 Å². The lowest BCUT2D eigenvalue weighted by molar-refractivity contribution is 0.0240. The molecule has 2 heterocycles. The molecule has 0 spiro atoms. The number of carbonyl (C=O) groups is 1. The fourth-order valence-electron chi connectivity index (χ4n) is 2.32. The summed E-state index contributed by atoms with van der Waals surface area (Å²) in [6, 6.07) is 3.90. The first-order chi connectivity index (χ1) is 9.24. The Morgan fingerprint density at radius 2 is 2.42 bits per heavy atom. The van der Waals surface area contributed by atoms with Crippen molar-refractivity contribution < 1.29 is 9.90 Å². The van der Waals surface area contributed by atoms with Gasteiger partial charge in [-0.2, -0.15) is 15.4 Å². The zero-order chi connectivity index (χ0) is 13.2. The molecule has 1 aliphatic rings. The number of hydrogen-bond donors (Lipinski definition) is 3. The molecule has 2 aromatic rings. The van der Waals surface area contributed by atoms with E-state index in [1.807, 2.05) is 17.5 Å². The average molecular weight is 278 g/mol. The van der Waals surface area contributed by atoms with Crippen molar-refractivity contribution in [3.05, 3.63) is 34.3 Å². The lowest BCUT2D eigenvalue weighted by Crippen LogP contribution is -2.41. The summed E-state index contributed by atoms with van der Waals surface area (Å²) in [6.07, 6.45) is 2.61. The van der Waals surface area contributed by atoms with Gasteiger partial charge >= 0.3 is 0 Å². The van der Waals surface area contributed by atoms with Gasteiger partial charge in [0.1, 0.15) is 0 Å². The van der Waals surface area contributed by atoms with Crippen molar-refractivity contribution in [2.75, 3.05) is 0 Å². The van der Waals surface area contributed by atoms with E-state index in [1.54, 1.807) is 11.3 Å². The molecular weight excluding hydrogens is 264 g/mol. The number of amides is 1. The standard InChI is InChI=1S/C12H14N4O2S/c17-8-4-7(5-8)11(10-2-1-3-19-10)14-12(18)9-6-13-16-15-9/h1-3,6-8,11,17H,4-5H2,(H,14,18)(H,13,15,16)/t7?,8?,11-/m0/s1. The van der Waals surface area contributed by atoms with Gasteiger partial charge in [0, 0.05) is 4.88 Å². The predicted molar refractivity (Wildman–Crippen MR) is 69.6 cm³/mol. The summed E-state index contributed by atoms with van der Waals surface area (Å²) < 4.78 is 0. The number of rotatable bonds is 4. The number of thiophene rings is 1. The SMILES string of the molecule is O=C(N[C@H](c1cccs1)C1CC(O)C1)c1cn[nH]n1. The van der Waals surface area contributed by atoms with E-state index in [9.17, 15) is 9.90 Å². The number of nitrogens with one attached hydrogen (secondary N) is 2. The van der Waals surface area contributed by atoms with Crippen molar-refractivity contribution in [1.82, 2.24) is 20.7 Å². The van der Waals surface area contributed by atoms with E-state index in [4.69, 9.17) is 0 Å². The van der Waals surface area contributed by atoms with Crippen molar-refractivity contribution >= 4 is 17.2 Å². The first kappa shape index (κ1) is 12.3. The largest absolute Gasteiger partial charge is 0.393 e. The fraction of sp³-hybridized carbons (Fsp3) is 0.417. The normalized spacial score (nSPS) is 23.6. The summed E-state index contributed by atoms with van der Waals surface area (Å²) in [5, 5.41) is 24.2. The first-order valence-electron chi connectivity index (χ1n) is 6.12. The Morgan fingerprint density at radius 1 is 1.58 bits per heavy atom. The van der Waals surface area contributed by atoms with Crippen molar-refractivity contribution in [3.8, 4) is 0 Å². The Morgan fingerprint density at radius 3 is 3.00 bits per heavy atom. The molecule has 19 heavy (non-hydrogen) atoms. The Hall–Kier alpha value is -1.73. The molecule has 1 amide bonds. The van der Waals surface area contributed by atoms with E-state index in [0.29, 0.717) is 0 Å². The van der Waals surface area contributed by atoms with Crippen LogP contribution in [0.25, 0.3) is 0 Å². The van der Waals surface area contributed by atoms with Crippen molar-refractivity contribution in [3.63, 3.8) is 0 Å². The molecule has 0 radical (unpaired) electrons. The molecule has 0 aromatic carbocycles. The molecule has 7 heteroatoms. The number of H-pyrrole nitrogens is 1. The summed E-state index contributed by atoms with van der Waals surface area (Å²) in [5.74, 6) is 0.0399. The fourth-order valence-corrected chi connectivity index (χ4v) is 3.19. The van der Waals surface area contributed by atoms with Gasteiger partial charge in [-0.15, -0.1) is 11.3 Å². The molecule has 1 atom stereocenters. The van der Waals surface area contributed by atoms with Crippen LogP contribution in [0.15, 0.2) is 23.7 Å². The Kier molecular flexibility index (Phi) is 3.31. The van der Waals surface area contributed by atoms with E-state index >= 15 is 0 Å². The first-order valence-corrected chi connectivity index (χ1v) is 7.00. The van der Waals surface area contributed by atoms with E-state index in [-0.39, 0.29) is 29.7 Å². The molecule has 100 valence electrons. The van der Waals surface area contributed by atoms with Crippen LogP contribution in [-0.2, 0) is 0 Å². The zero-order valence-corrected chi connectivity index (χ0v) is 10.9. The van der Waals surface area contributed by atoms with Crippen LogP contribution in [-0.4, -0.2) is 32.5 Å².